The van der Waals surface area contributed by atoms with Crippen molar-refractivity contribution in [2.24, 2.45) is 5.73 Å². The van der Waals surface area contributed by atoms with Crippen molar-refractivity contribution in [1.29, 1.82) is 0 Å². The van der Waals surface area contributed by atoms with Gasteiger partial charge in [0.05, 0.1) is 24.0 Å². The smallest absolute Gasteiger partial charge is 0.312 e. The third kappa shape index (κ3) is 3.41. The molecule has 7 nitrogen and oxygen atoms in total. The molecule has 2 rings (SSSR count). The molecule has 1 atom stereocenters. The maximum absolute atomic E-state index is 11.6. The number of nitrogens with zero attached hydrogens (tertiary/aromatic N) is 3. The van der Waals surface area contributed by atoms with Gasteiger partial charge in [-0.1, -0.05) is 18.2 Å². The summed E-state index contributed by atoms with van der Waals surface area (Å²) < 4.78 is 4.84. The molecule has 0 aliphatic heterocycles. The van der Waals surface area contributed by atoms with Crippen molar-refractivity contribution >= 4 is 11.9 Å². The molecule has 1 amide bonds. The van der Waals surface area contributed by atoms with Gasteiger partial charge in [-0.3, -0.25) is 9.59 Å². The number of ether oxygens (including phenoxy) is 1. The molecule has 1 aromatic heterocycles. The van der Waals surface area contributed by atoms with Crippen molar-refractivity contribution in [1.82, 2.24) is 15.0 Å². The fourth-order valence-corrected chi connectivity index (χ4v) is 1.51. The molecule has 1 aromatic carbocycles. The van der Waals surface area contributed by atoms with Crippen LogP contribution in [0.4, 0.5) is 0 Å². The first-order valence-corrected chi connectivity index (χ1v) is 6.01. The summed E-state index contributed by atoms with van der Waals surface area (Å²) >= 11 is 0. The maximum Gasteiger partial charge on any atom is 0.312 e. The normalized spacial score (nSPS) is 11.8. The standard InChI is InChI=1S/C13H14N4O3/c1-9(13(14)19)20-12(18)7-10-8-15-17(16-10)11-5-3-2-4-6-11/h2-6,8-9H,7H2,1H3,(H2,14,19). The summed E-state index contributed by atoms with van der Waals surface area (Å²) in [6.07, 6.45) is 0.458. The molecule has 20 heavy (non-hydrogen) atoms. The van der Waals surface area contributed by atoms with E-state index in [9.17, 15) is 9.59 Å². The number of aromatic nitrogens is 3. The summed E-state index contributed by atoms with van der Waals surface area (Å²) in [5.41, 5.74) is 6.25. The molecule has 104 valence electrons. The number of hydrogen-bond donors (Lipinski definition) is 1. The molecule has 2 N–H and O–H groups in total. The first-order chi connectivity index (χ1) is 9.56. The number of para-hydroxylation sites is 1. The second kappa shape index (κ2) is 5.96. The lowest BCUT2D eigenvalue weighted by Gasteiger charge is -2.08. The van der Waals surface area contributed by atoms with Crippen molar-refractivity contribution in [3.8, 4) is 5.69 Å². The Morgan fingerprint density at radius 3 is 2.70 bits per heavy atom. The minimum atomic E-state index is -0.952. The largest absolute Gasteiger partial charge is 0.452 e. The van der Waals surface area contributed by atoms with Crippen molar-refractivity contribution in [3.63, 3.8) is 0 Å². The first kappa shape index (κ1) is 13.7. The van der Waals surface area contributed by atoms with E-state index < -0.39 is 18.0 Å². The van der Waals surface area contributed by atoms with E-state index in [1.54, 1.807) is 0 Å². The topological polar surface area (TPSA) is 100 Å². The second-order valence-electron chi connectivity index (χ2n) is 4.17. The van der Waals surface area contributed by atoms with Gasteiger partial charge in [-0.2, -0.15) is 15.0 Å². The highest BCUT2D eigenvalue weighted by atomic mass is 16.5. The maximum atomic E-state index is 11.6. The molecule has 0 aliphatic carbocycles. The molecule has 1 heterocycles. The van der Waals surface area contributed by atoms with Gasteiger partial charge in [-0.25, -0.2) is 0 Å². The molecule has 2 aromatic rings. The highest BCUT2D eigenvalue weighted by Gasteiger charge is 2.16. The van der Waals surface area contributed by atoms with E-state index in [1.807, 2.05) is 30.3 Å². The fourth-order valence-electron chi connectivity index (χ4n) is 1.51. The third-order valence-electron chi connectivity index (χ3n) is 2.56. The van der Waals surface area contributed by atoms with Gasteiger partial charge in [0.25, 0.3) is 5.91 Å². The Balaban J connectivity index is 2.00. The molecule has 1 unspecified atom stereocenters. The first-order valence-electron chi connectivity index (χ1n) is 6.01. The van der Waals surface area contributed by atoms with E-state index >= 15 is 0 Å². The molecular weight excluding hydrogens is 260 g/mol. The number of benzene rings is 1. The van der Waals surface area contributed by atoms with E-state index in [4.69, 9.17) is 10.5 Å². The average molecular weight is 274 g/mol. The van der Waals surface area contributed by atoms with Crippen molar-refractivity contribution in [2.45, 2.75) is 19.4 Å². The summed E-state index contributed by atoms with van der Waals surface area (Å²) in [6, 6.07) is 9.30. The van der Waals surface area contributed by atoms with Crippen LogP contribution in [0, 0.1) is 0 Å². The second-order valence-corrected chi connectivity index (χ2v) is 4.17. The number of carbonyl (C=O) groups excluding carboxylic acids is 2. The Morgan fingerprint density at radius 1 is 1.35 bits per heavy atom. The van der Waals surface area contributed by atoms with Crippen LogP contribution in [0.3, 0.4) is 0 Å². The Bertz CT molecular complexity index is 609. The van der Waals surface area contributed by atoms with Crippen LogP contribution < -0.4 is 5.73 Å². The number of esters is 1. The molecule has 0 radical (unpaired) electrons. The SMILES string of the molecule is CC(OC(=O)Cc1cnn(-c2ccccc2)n1)C(N)=O. The Labute approximate surface area is 115 Å². The van der Waals surface area contributed by atoms with Crippen molar-refractivity contribution in [2.75, 3.05) is 0 Å². The van der Waals surface area contributed by atoms with Gasteiger partial charge in [-0.05, 0) is 19.1 Å². The summed E-state index contributed by atoms with van der Waals surface area (Å²) in [7, 11) is 0. The molecule has 0 bridgehead atoms. The highest BCUT2D eigenvalue weighted by molar-refractivity contribution is 5.82. The zero-order chi connectivity index (χ0) is 14.5. The van der Waals surface area contributed by atoms with E-state index in [0.717, 1.165) is 5.69 Å². The van der Waals surface area contributed by atoms with Crippen LogP contribution in [0.15, 0.2) is 36.5 Å². The van der Waals surface area contributed by atoms with Crippen LogP contribution in [-0.4, -0.2) is 33.0 Å². The lowest BCUT2D eigenvalue weighted by atomic mass is 10.3. The van der Waals surface area contributed by atoms with Gasteiger partial charge < -0.3 is 10.5 Å². The Morgan fingerprint density at radius 2 is 2.05 bits per heavy atom. The van der Waals surface area contributed by atoms with Crippen LogP contribution in [-0.2, 0) is 20.7 Å². The van der Waals surface area contributed by atoms with Crippen LogP contribution in [0.5, 0.6) is 0 Å². The molecule has 7 heteroatoms. The number of rotatable bonds is 5. The number of amides is 1. The van der Waals surface area contributed by atoms with Gasteiger partial charge in [0.1, 0.15) is 0 Å². The van der Waals surface area contributed by atoms with E-state index in [-0.39, 0.29) is 6.42 Å². The summed E-state index contributed by atoms with van der Waals surface area (Å²) in [5, 5.41) is 8.22. The van der Waals surface area contributed by atoms with E-state index in [0.29, 0.717) is 5.69 Å². The predicted molar refractivity (Wildman–Crippen MR) is 69.8 cm³/mol. The van der Waals surface area contributed by atoms with Crippen LogP contribution in [0.25, 0.3) is 5.69 Å². The Hall–Kier alpha value is -2.70. The molecule has 0 aliphatic rings. The van der Waals surface area contributed by atoms with Crippen LogP contribution >= 0.6 is 0 Å². The van der Waals surface area contributed by atoms with Gasteiger partial charge in [0.15, 0.2) is 6.10 Å². The molecule has 0 spiro atoms. The van der Waals surface area contributed by atoms with E-state index in [1.165, 1.54) is 17.9 Å². The number of primary amides is 1. The summed E-state index contributed by atoms with van der Waals surface area (Å²) in [4.78, 5) is 23.8. The van der Waals surface area contributed by atoms with Gasteiger partial charge in [-0.15, -0.1) is 0 Å². The minimum absolute atomic E-state index is 0.0650. The van der Waals surface area contributed by atoms with Crippen LogP contribution in [0.1, 0.15) is 12.6 Å². The van der Waals surface area contributed by atoms with Gasteiger partial charge >= 0.3 is 5.97 Å². The monoisotopic (exact) mass is 274 g/mol. The third-order valence-corrected chi connectivity index (χ3v) is 2.56. The summed E-state index contributed by atoms with van der Waals surface area (Å²) in [6.45, 7) is 1.42. The number of carbonyl (C=O) groups is 2. The van der Waals surface area contributed by atoms with Crippen molar-refractivity contribution in [3.05, 3.63) is 42.2 Å². The fraction of sp³-hybridized carbons (Fsp3) is 0.231. The highest BCUT2D eigenvalue weighted by Crippen LogP contribution is 2.05. The lowest BCUT2D eigenvalue weighted by Crippen LogP contribution is -2.31. The molecular formula is C13H14N4O3. The quantitative estimate of drug-likeness (QED) is 0.786. The average Bonchev–Trinajstić information content (AvgIpc) is 2.88. The molecule has 0 saturated heterocycles. The summed E-state index contributed by atoms with van der Waals surface area (Å²) in [5.74, 6) is -1.26. The predicted octanol–water partition coefficient (Wildman–Crippen LogP) is 0.227. The van der Waals surface area contributed by atoms with Crippen molar-refractivity contribution < 1.29 is 14.3 Å². The number of hydrogen-bond acceptors (Lipinski definition) is 5. The lowest BCUT2D eigenvalue weighted by molar-refractivity contribution is -0.153. The minimum Gasteiger partial charge on any atom is -0.452 e. The zero-order valence-electron chi connectivity index (χ0n) is 10.9. The molecule has 0 fully saturated rings. The van der Waals surface area contributed by atoms with Gasteiger partial charge in [0, 0.05) is 0 Å². The van der Waals surface area contributed by atoms with Gasteiger partial charge in [0.2, 0.25) is 0 Å². The Kier molecular flexibility index (Phi) is 4.09. The zero-order valence-corrected chi connectivity index (χ0v) is 10.9. The molecule has 0 saturated carbocycles. The number of nitrogens with two attached hydrogens (primary N) is 1. The van der Waals surface area contributed by atoms with E-state index in [2.05, 4.69) is 10.2 Å². The van der Waals surface area contributed by atoms with Crippen LogP contribution in [0.2, 0.25) is 0 Å².